The number of piperidine rings is 1. The van der Waals surface area contributed by atoms with Crippen LogP contribution >= 0.6 is 0 Å². The molecule has 1 aliphatic carbocycles. The van der Waals surface area contributed by atoms with Crippen LogP contribution in [0.1, 0.15) is 37.2 Å². The Bertz CT molecular complexity index is 703. The Morgan fingerprint density at radius 1 is 1.26 bits per heavy atom. The number of carbonyl (C=O) groups is 1. The summed E-state index contributed by atoms with van der Waals surface area (Å²) in [7, 11) is 0. The smallest absolute Gasteiger partial charge is 0.407 e. The van der Waals surface area contributed by atoms with Gasteiger partial charge in [-0.2, -0.15) is 5.26 Å². The first-order chi connectivity index (χ1) is 13.1. The molecule has 2 unspecified atom stereocenters. The van der Waals surface area contributed by atoms with E-state index in [4.69, 9.17) is 5.11 Å². The zero-order valence-electron chi connectivity index (χ0n) is 15.7. The van der Waals surface area contributed by atoms with Crippen molar-refractivity contribution < 1.29 is 9.90 Å². The van der Waals surface area contributed by atoms with Crippen molar-refractivity contribution in [2.24, 2.45) is 5.92 Å². The van der Waals surface area contributed by atoms with Gasteiger partial charge < -0.3 is 15.3 Å². The van der Waals surface area contributed by atoms with Crippen LogP contribution in [-0.4, -0.2) is 65.3 Å². The van der Waals surface area contributed by atoms with E-state index in [1.165, 1.54) is 16.9 Å². The second-order valence-electron chi connectivity index (χ2n) is 8.40. The van der Waals surface area contributed by atoms with Gasteiger partial charge in [-0.1, -0.05) is 30.3 Å². The quantitative estimate of drug-likeness (QED) is 0.806. The third-order valence-electron chi connectivity index (χ3n) is 6.62. The lowest BCUT2D eigenvalue weighted by molar-refractivity contribution is -0.0545. The molecular formula is C21H28N4O2. The van der Waals surface area contributed by atoms with Crippen molar-refractivity contribution in [3.05, 3.63) is 35.9 Å². The topological polar surface area (TPSA) is 79.6 Å². The second-order valence-corrected chi connectivity index (χ2v) is 8.40. The fraction of sp³-hybridized carbons (Fsp3) is 0.619. The third kappa shape index (κ3) is 3.80. The van der Waals surface area contributed by atoms with E-state index in [1.807, 2.05) is 0 Å². The predicted molar refractivity (Wildman–Crippen MR) is 102 cm³/mol. The molecule has 2 heterocycles. The number of nitriles is 1. The summed E-state index contributed by atoms with van der Waals surface area (Å²) in [6, 6.07) is 13.6. The van der Waals surface area contributed by atoms with Crippen molar-refractivity contribution in [2.45, 2.75) is 43.2 Å². The van der Waals surface area contributed by atoms with Crippen LogP contribution in [-0.2, 0) is 0 Å². The van der Waals surface area contributed by atoms with Crippen molar-refractivity contribution >= 4 is 6.09 Å². The van der Waals surface area contributed by atoms with Crippen LogP contribution in [0.5, 0.6) is 0 Å². The molecule has 144 valence electrons. The zero-order valence-corrected chi connectivity index (χ0v) is 15.7. The van der Waals surface area contributed by atoms with E-state index >= 15 is 0 Å². The van der Waals surface area contributed by atoms with Crippen LogP contribution in [0, 0.1) is 17.2 Å². The van der Waals surface area contributed by atoms with Crippen molar-refractivity contribution in [2.75, 3.05) is 32.7 Å². The molecule has 1 aromatic rings. The molecule has 2 aliphatic heterocycles. The van der Waals surface area contributed by atoms with Crippen LogP contribution < -0.4 is 5.32 Å². The maximum absolute atomic E-state index is 11.1. The first-order valence-corrected chi connectivity index (χ1v) is 9.99. The van der Waals surface area contributed by atoms with Gasteiger partial charge >= 0.3 is 6.09 Å². The molecule has 1 saturated carbocycles. The van der Waals surface area contributed by atoms with Gasteiger partial charge in [0.2, 0.25) is 0 Å². The molecule has 0 radical (unpaired) electrons. The van der Waals surface area contributed by atoms with Crippen molar-refractivity contribution in [3.63, 3.8) is 0 Å². The van der Waals surface area contributed by atoms with E-state index in [-0.39, 0.29) is 5.54 Å². The largest absolute Gasteiger partial charge is 0.465 e. The highest BCUT2D eigenvalue weighted by Crippen LogP contribution is 2.41. The second kappa shape index (κ2) is 7.49. The van der Waals surface area contributed by atoms with Crippen LogP contribution in [0.2, 0.25) is 0 Å². The molecule has 1 amide bonds. The average Bonchev–Trinajstić information content (AvgIpc) is 3.43. The number of carboxylic acid groups (broad SMARTS) is 1. The van der Waals surface area contributed by atoms with Crippen LogP contribution in [0.15, 0.2) is 30.3 Å². The minimum absolute atomic E-state index is 0.250. The molecule has 2 atom stereocenters. The Morgan fingerprint density at radius 3 is 2.59 bits per heavy atom. The van der Waals surface area contributed by atoms with Crippen LogP contribution in [0.3, 0.4) is 0 Å². The molecule has 0 aromatic heterocycles. The van der Waals surface area contributed by atoms with Gasteiger partial charge in [-0.15, -0.1) is 0 Å². The monoisotopic (exact) mass is 368 g/mol. The Balaban J connectivity index is 1.22. The molecule has 3 aliphatic rings. The molecule has 4 rings (SSSR count). The lowest BCUT2D eigenvalue weighted by Gasteiger charge is -2.55. The number of benzene rings is 1. The maximum Gasteiger partial charge on any atom is 0.407 e. The molecule has 0 spiro atoms. The fourth-order valence-corrected chi connectivity index (χ4v) is 4.79. The van der Waals surface area contributed by atoms with E-state index in [1.54, 1.807) is 0 Å². The summed E-state index contributed by atoms with van der Waals surface area (Å²) in [5, 5.41) is 22.1. The molecule has 3 fully saturated rings. The number of rotatable bonds is 6. The number of nitrogens with zero attached hydrogens (tertiary/aromatic N) is 3. The molecule has 0 bridgehead atoms. The Hall–Kier alpha value is -2.10. The summed E-state index contributed by atoms with van der Waals surface area (Å²) >= 11 is 0. The van der Waals surface area contributed by atoms with E-state index in [0.717, 1.165) is 32.5 Å². The van der Waals surface area contributed by atoms with Crippen molar-refractivity contribution in [1.29, 1.82) is 5.26 Å². The van der Waals surface area contributed by atoms with Gasteiger partial charge in [-0.05, 0) is 50.4 Å². The number of amides is 1. The third-order valence-corrected chi connectivity index (χ3v) is 6.62. The fourth-order valence-electron chi connectivity index (χ4n) is 4.79. The number of likely N-dealkylation sites (tertiary alicyclic amines) is 2. The van der Waals surface area contributed by atoms with Gasteiger partial charge in [0.1, 0.15) is 0 Å². The Labute approximate surface area is 160 Å². The summed E-state index contributed by atoms with van der Waals surface area (Å²) in [5.74, 6) is 1.34. The van der Waals surface area contributed by atoms with Crippen LogP contribution in [0.25, 0.3) is 0 Å². The van der Waals surface area contributed by atoms with E-state index in [9.17, 15) is 10.1 Å². The maximum atomic E-state index is 11.1. The SMILES string of the molecule is N#CCC1(N2CCC(CNC3CC3c3ccccc3)CC2)CN(C(=O)O)C1. The predicted octanol–water partition coefficient (Wildman–Crippen LogP) is 2.49. The lowest BCUT2D eigenvalue weighted by Crippen LogP contribution is -2.71. The number of nitrogens with one attached hydrogen (secondary N) is 1. The van der Waals surface area contributed by atoms with E-state index in [0.29, 0.717) is 37.4 Å². The average molecular weight is 368 g/mol. The lowest BCUT2D eigenvalue weighted by atomic mass is 9.82. The standard InChI is InChI=1S/C21H28N4O2/c22-9-8-21(14-24(15-21)20(26)27)25-10-6-16(7-11-25)13-23-19-12-18(19)17-4-2-1-3-5-17/h1-5,16,18-19,23H,6-8,10-15H2,(H,26,27). The van der Waals surface area contributed by atoms with Gasteiger partial charge in [0.15, 0.2) is 0 Å². The van der Waals surface area contributed by atoms with Gasteiger partial charge in [-0.3, -0.25) is 4.90 Å². The van der Waals surface area contributed by atoms with Crippen molar-refractivity contribution in [3.8, 4) is 6.07 Å². The molecule has 6 nitrogen and oxygen atoms in total. The normalized spacial score (nSPS) is 27.6. The summed E-state index contributed by atoms with van der Waals surface area (Å²) in [6.07, 6.45) is 3.02. The van der Waals surface area contributed by atoms with E-state index < -0.39 is 6.09 Å². The minimum Gasteiger partial charge on any atom is -0.465 e. The van der Waals surface area contributed by atoms with Gasteiger partial charge in [-0.25, -0.2) is 4.79 Å². The van der Waals surface area contributed by atoms with Crippen LogP contribution in [0.4, 0.5) is 4.79 Å². The molecular weight excluding hydrogens is 340 g/mol. The highest BCUT2D eigenvalue weighted by Gasteiger charge is 2.50. The van der Waals surface area contributed by atoms with E-state index in [2.05, 4.69) is 46.6 Å². The molecule has 6 heteroatoms. The summed E-state index contributed by atoms with van der Waals surface area (Å²) in [4.78, 5) is 14.9. The zero-order chi connectivity index (χ0) is 18.9. The first kappa shape index (κ1) is 18.3. The number of hydrogen-bond acceptors (Lipinski definition) is 4. The summed E-state index contributed by atoms with van der Waals surface area (Å²) < 4.78 is 0. The Morgan fingerprint density at radius 2 is 1.96 bits per heavy atom. The Kier molecular flexibility index (Phi) is 5.07. The summed E-state index contributed by atoms with van der Waals surface area (Å²) in [6.45, 7) is 3.94. The van der Waals surface area contributed by atoms with Gasteiger partial charge in [0.25, 0.3) is 0 Å². The molecule has 27 heavy (non-hydrogen) atoms. The highest BCUT2D eigenvalue weighted by atomic mass is 16.4. The first-order valence-electron chi connectivity index (χ1n) is 9.99. The molecule has 2 N–H and O–H groups in total. The van der Waals surface area contributed by atoms with Crippen molar-refractivity contribution in [1.82, 2.24) is 15.1 Å². The minimum atomic E-state index is -0.875. The van der Waals surface area contributed by atoms with Gasteiger partial charge in [0, 0.05) is 25.0 Å². The molecule has 1 aromatic carbocycles. The molecule has 2 saturated heterocycles. The highest BCUT2D eigenvalue weighted by molar-refractivity contribution is 5.66. The van der Waals surface area contributed by atoms with Gasteiger partial charge in [0.05, 0.1) is 18.0 Å². The number of hydrogen-bond donors (Lipinski definition) is 2. The summed E-state index contributed by atoms with van der Waals surface area (Å²) in [5.41, 5.74) is 1.19.